The van der Waals surface area contributed by atoms with Gasteiger partial charge in [0.25, 0.3) is 10.0 Å². The van der Waals surface area contributed by atoms with E-state index >= 15 is 0 Å². The number of aryl methyl sites for hydroxylation is 1. The Bertz CT molecular complexity index is 534. The van der Waals surface area contributed by atoms with Crippen LogP contribution < -0.4 is 4.72 Å². The van der Waals surface area contributed by atoms with Crippen molar-refractivity contribution in [2.45, 2.75) is 37.6 Å². The lowest BCUT2D eigenvalue weighted by molar-refractivity contribution is 0.449. The molecule has 1 heterocycles. The molecule has 0 atom stereocenters. The molecule has 1 aromatic rings. The van der Waals surface area contributed by atoms with Crippen LogP contribution >= 0.6 is 11.6 Å². The van der Waals surface area contributed by atoms with Gasteiger partial charge in [0.1, 0.15) is 5.15 Å². The van der Waals surface area contributed by atoms with Crippen LogP contribution in [0.5, 0.6) is 0 Å². The summed E-state index contributed by atoms with van der Waals surface area (Å²) in [6, 6.07) is 0. The van der Waals surface area contributed by atoms with Crippen molar-refractivity contribution in [3.63, 3.8) is 0 Å². The third-order valence-electron chi connectivity index (χ3n) is 3.46. The van der Waals surface area contributed by atoms with Crippen LogP contribution in [0.3, 0.4) is 0 Å². The molecule has 5 nitrogen and oxygen atoms in total. The number of sulfonamides is 1. The number of nitrogens with one attached hydrogen (secondary N) is 1. The summed E-state index contributed by atoms with van der Waals surface area (Å²) >= 11 is 5.90. The highest BCUT2D eigenvalue weighted by atomic mass is 35.5. The van der Waals surface area contributed by atoms with Crippen LogP contribution in [0, 0.1) is 5.41 Å². The Morgan fingerprint density at radius 3 is 2.67 bits per heavy atom. The number of halogens is 1. The molecule has 1 aliphatic carbocycles. The fourth-order valence-corrected chi connectivity index (χ4v) is 3.69. The first-order valence-corrected chi connectivity index (χ1v) is 7.93. The smallest absolute Gasteiger partial charge is 0.261 e. The summed E-state index contributed by atoms with van der Waals surface area (Å²) in [5.74, 6) is 0. The summed E-state index contributed by atoms with van der Waals surface area (Å²) < 4.78 is 28.3. The molecule has 0 saturated heterocycles. The van der Waals surface area contributed by atoms with Gasteiger partial charge in [0, 0.05) is 13.6 Å². The van der Waals surface area contributed by atoms with Crippen molar-refractivity contribution >= 4 is 21.6 Å². The Morgan fingerprint density at radius 1 is 1.56 bits per heavy atom. The van der Waals surface area contributed by atoms with Crippen LogP contribution in [0.1, 0.15) is 32.6 Å². The molecule has 1 N–H and O–H groups in total. The summed E-state index contributed by atoms with van der Waals surface area (Å²) in [6.45, 7) is 2.60. The van der Waals surface area contributed by atoms with E-state index < -0.39 is 10.0 Å². The summed E-state index contributed by atoms with van der Waals surface area (Å²) in [5.41, 5.74) is 0.170. The summed E-state index contributed by atoms with van der Waals surface area (Å²) in [6.07, 6.45) is 5.73. The van der Waals surface area contributed by atoms with Crippen molar-refractivity contribution in [1.29, 1.82) is 0 Å². The Hall–Kier alpha value is -0.590. The van der Waals surface area contributed by atoms with Gasteiger partial charge in [0.15, 0.2) is 0 Å². The van der Waals surface area contributed by atoms with Crippen LogP contribution in [-0.4, -0.2) is 24.5 Å². The molecule has 2 rings (SSSR count). The minimum atomic E-state index is -3.60. The van der Waals surface area contributed by atoms with Gasteiger partial charge in [0.2, 0.25) is 5.03 Å². The average Bonchev–Trinajstić information content (AvgIpc) is 2.99. The fourth-order valence-electron chi connectivity index (χ4n) is 2.11. The van der Waals surface area contributed by atoms with Gasteiger partial charge in [-0.25, -0.2) is 18.1 Å². The van der Waals surface area contributed by atoms with E-state index in [9.17, 15) is 8.42 Å². The third-order valence-corrected chi connectivity index (χ3v) is 5.35. The first-order chi connectivity index (χ1) is 8.40. The summed E-state index contributed by atoms with van der Waals surface area (Å²) in [7, 11) is -1.93. The molecule has 0 aromatic carbocycles. The maximum atomic E-state index is 12.1. The molecule has 0 spiro atoms. The molecule has 1 aliphatic rings. The monoisotopic (exact) mass is 291 g/mol. The normalized spacial score (nSPS) is 17.9. The highest BCUT2D eigenvalue weighted by Gasteiger charge is 2.42. The summed E-state index contributed by atoms with van der Waals surface area (Å²) in [4.78, 5) is 3.83. The van der Waals surface area contributed by atoms with Gasteiger partial charge in [0.05, 0.1) is 6.33 Å². The number of nitrogens with zero attached hydrogens (tertiary/aromatic N) is 2. The molecule has 1 saturated carbocycles. The van der Waals surface area contributed by atoms with E-state index in [4.69, 9.17) is 11.6 Å². The van der Waals surface area contributed by atoms with Crippen molar-refractivity contribution < 1.29 is 8.42 Å². The zero-order valence-corrected chi connectivity index (χ0v) is 12.2. The van der Waals surface area contributed by atoms with Crippen LogP contribution in [0.4, 0.5) is 0 Å². The van der Waals surface area contributed by atoms with Crippen molar-refractivity contribution in [3.8, 4) is 0 Å². The Kier molecular flexibility index (Phi) is 3.71. The minimum Gasteiger partial charge on any atom is -0.324 e. The van der Waals surface area contributed by atoms with Crippen molar-refractivity contribution in [3.05, 3.63) is 11.5 Å². The largest absolute Gasteiger partial charge is 0.324 e. The second-order valence-electron chi connectivity index (χ2n) is 5.03. The van der Waals surface area contributed by atoms with Crippen molar-refractivity contribution in [1.82, 2.24) is 14.3 Å². The van der Waals surface area contributed by atoms with Gasteiger partial charge >= 0.3 is 0 Å². The Morgan fingerprint density at radius 2 is 2.22 bits per heavy atom. The molecule has 1 fully saturated rings. The molecule has 0 unspecified atom stereocenters. The van der Waals surface area contributed by atoms with Crippen LogP contribution in [-0.2, 0) is 17.1 Å². The van der Waals surface area contributed by atoms with Crippen molar-refractivity contribution in [2.24, 2.45) is 12.5 Å². The first kappa shape index (κ1) is 13.8. The highest BCUT2D eigenvalue weighted by molar-refractivity contribution is 7.89. The topological polar surface area (TPSA) is 64.0 Å². The van der Waals surface area contributed by atoms with E-state index in [1.54, 1.807) is 7.05 Å². The molecule has 7 heteroatoms. The minimum absolute atomic E-state index is 0.0843. The molecule has 0 aliphatic heterocycles. The maximum Gasteiger partial charge on any atom is 0.261 e. The third kappa shape index (κ3) is 2.70. The highest BCUT2D eigenvalue weighted by Crippen LogP contribution is 2.49. The van der Waals surface area contributed by atoms with Crippen LogP contribution in [0.2, 0.25) is 5.15 Å². The maximum absolute atomic E-state index is 12.1. The average molecular weight is 292 g/mol. The van der Waals surface area contributed by atoms with E-state index in [0.717, 1.165) is 25.7 Å². The zero-order valence-electron chi connectivity index (χ0n) is 10.6. The predicted octanol–water partition coefficient (Wildman–Crippen LogP) is 1.93. The van der Waals surface area contributed by atoms with Crippen LogP contribution in [0.25, 0.3) is 0 Å². The molecule has 0 bridgehead atoms. The van der Waals surface area contributed by atoms with Gasteiger partial charge in [-0.15, -0.1) is 0 Å². The van der Waals surface area contributed by atoms with Gasteiger partial charge < -0.3 is 4.57 Å². The lowest BCUT2D eigenvalue weighted by Gasteiger charge is -2.14. The Labute approximate surface area is 113 Å². The second-order valence-corrected chi connectivity index (χ2v) is 7.07. The number of hydrogen-bond acceptors (Lipinski definition) is 3. The number of rotatable bonds is 6. The quantitative estimate of drug-likeness (QED) is 0.871. The lowest BCUT2D eigenvalue weighted by atomic mass is 10.0. The number of hydrogen-bond donors (Lipinski definition) is 1. The van der Waals surface area contributed by atoms with Gasteiger partial charge in [-0.1, -0.05) is 24.9 Å². The molecular weight excluding hydrogens is 274 g/mol. The van der Waals surface area contributed by atoms with E-state index in [0.29, 0.717) is 6.54 Å². The van der Waals surface area contributed by atoms with Gasteiger partial charge in [-0.3, -0.25) is 0 Å². The van der Waals surface area contributed by atoms with Crippen molar-refractivity contribution in [2.75, 3.05) is 6.54 Å². The van der Waals surface area contributed by atoms with Gasteiger partial charge in [-0.05, 0) is 24.7 Å². The van der Waals surface area contributed by atoms with E-state index in [-0.39, 0.29) is 15.6 Å². The number of imidazole rings is 1. The van der Waals surface area contributed by atoms with E-state index in [1.807, 2.05) is 0 Å². The van der Waals surface area contributed by atoms with E-state index in [1.165, 1.54) is 10.9 Å². The second kappa shape index (κ2) is 4.83. The zero-order chi connectivity index (χ0) is 13.4. The number of aromatic nitrogens is 2. The fraction of sp³-hybridized carbons (Fsp3) is 0.727. The first-order valence-electron chi connectivity index (χ1n) is 6.07. The standard InChI is InChI=1S/C11H18ClN3O2S/c1-3-4-11(5-6-11)7-14-18(16,17)10-9(12)15(2)8-13-10/h8,14H,3-7H2,1-2H3. The molecule has 18 heavy (non-hydrogen) atoms. The molecule has 102 valence electrons. The van der Waals surface area contributed by atoms with Crippen LogP contribution in [0.15, 0.2) is 11.4 Å². The summed E-state index contributed by atoms with van der Waals surface area (Å²) in [5, 5.41) is 0.0572. The molecule has 0 radical (unpaired) electrons. The lowest BCUT2D eigenvalue weighted by Crippen LogP contribution is -2.30. The SMILES string of the molecule is CCCC1(CNS(=O)(=O)c2ncn(C)c2Cl)CC1. The molecular formula is C11H18ClN3O2S. The van der Waals surface area contributed by atoms with Gasteiger partial charge in [-0.2, -0.15) is 0 Å². The predicted molar refractivity (Wildman–Crippen MR) is 70.0 cm³/mol. The molecule has 1 aromatic heterocycles. The molecule has 0 amide bonds. The Balaban J connectivity index is 2.07. The van der Waals surface area contributed by atoms with E-state index in [2.05, 4.69) is 16.6 Å².